The second-order valence-electron chi connectivity index (χ2n) is 6.20. The molecule has 1 N–H and O–H groups in total. The number of likely N-dealkylation sites (tertiary alicyclic amines) is 1. The molecule has 0 amide bonds. The smallest absolute Gasteiger partial charge is 0.133 e. The monoisotopic (exact) mass is 342 g/mol. The summed E-state index contributed by atoms with van der Waals surface area (Å²) in [6, 6.07) is 13.3. The molecule has 1 aliphatic heterocycles. The Morgan fingerprint density at radius 3 is 2.67 bits per heavy atom. The number of fused-ring (bicyclic) bond motifs is 1. The zero-order valence-corrected chi connectivity index (χ0v) is 14.0. The van der Waals surface area contributed by atoms with Crippen molar-refractivity contribution in [3.05, 3.63) is 53.1 Å². The summed E-state index contributed by atoms with van der Waals surface area (Å²) < 4.78 is 1.76. The van der Waals surface area contributed by atoms with Gasteiger partial charge in [0.05, 0.1) is 11.2 Å². The van der Waals surface area contributed by atoms with Gasteiger partial charge in [-0.25, -0.2) is 4.68 Å². The van der Waals surface area contributed by atoms with Crippen molar-refractivity contribution in [3.8, 4) is 5.69 Å². The molecular formula is C18H19ClN4O. The van der Waals surface area contributed by atoms with Crippen molar-refractivity contribution in [1.82, 2.24) is 19.9 Å². The summed E-state index contributed by atoms with van der Waals surface area (Å²) in [5, 5.41) is 19.8. The van der Waals surface area contributed by atoms with Crippen LogP contribution in [0.15, 0.2) is 42.5 Å². The van der Waals surface area contributed by atoms with Crippen LogP contribution in [0, 0.1) is 0 Å². The van der Waals surface area contributed by atoms with E-state index in [4.69, 9.17) is 11.6 Å². The van der Waals surface area contributed by atoms with Gasteiger partial charge in [0.1, 0.15) is 11.7 Å². The van der Waals surface area contributed by atoms with E-state index in [0.29, 0.717) is 5.02 Å². The third-order valence-electron chi connectivity index (χ3n) is 4.56. The van der Waals surface area contributed by atoms with Crippen molar-refractivity contribution in [2.45, 2.75) is 25.5 Å². The second-order valence-corrected chi connectivity index (χ2v) is 6.64. The Kier molecular flexibility index (Phi) is 4.22. The molecule has 4 rings (SSSR count). The predicted molar refractivity (Wildman–Crippen MR) is 94.3 cm³/mol. The maximum absolute atomic E-state index is 10.6. The van der Waals surface area contributed by atoms with Gasteiger partial charge in [-0.15, -0.1) is 5.10 Å². The van der Waals surface area contributed by atoms with Gasteiger partial charge < -0.3 is 5.11 Å². The molecule has 1 saturated heterocycles. The molecule has 5 nitrogen and oxygen atoms in total. The average Bonchev–Trinajstić information content (AvgIpc) is 3.05. The maximum atomic E-state index is 10.6. The zero-order valence-electron chi connectivity index (χ0n) is 13.3. The zero-order chi connectivity index (χ0) is 16.5. The number of aliphatic hydroxyl groups excluding tert-OH is 1. The van der Waals surface area contributed by atoms with E-state index in [1.807, 2.05) is 42.5 Å². The van der Waals surface area contributed by atoms with Crippen molar-refractivity contribution in [2.24, 2.45) is 0 Å². The molecule has 1 aliphatic rings. The quantitative estimate of drug-likeness (QED) is 0.790. The van der Waals surface area contributed by atoms with Crippen LogP contribution in [0.25, 0.3) is 16.7 Å². The van der Waals surface area contributed by atoms with Crippen LogP contribution in [-0.4, -0.2) is 38.1 Å². The van der Waals surface area contributed by atoms with E-state index in [1.54, 1.807) is 4.68 Å². The highest BCUT2D eigenvalue weighted by atomic mass is 35.5. The summed E-state index contributed by atoms with van der Waals surface area (Å²) >= 11 is 6.07. The van der Waals surface area contributed by atoms with Crippen molar-refractivity contribution in [1.29, 1.82) is 0 Å². The number of nitrogens with zero attached hydrogens (tertiary/aromatic N) is 4. The Hall–Kier alpha value is -1.95. The number of aromatic nitrogens is 3. The minimum absolute atomic E-state index is 0.578. The summed E-state index contributed by atoms with van der Waals surface area (Å²) in [6.07, 6.45) is 2.95. The summed E-state index contributed by atoms with van der Waals surface area (Å²) in [5.74, 6) is 0. The first-order valence-electron chi connectivity index (χ1n) is 8.26. The Balaban J connectivity index is 1.67. The van der Waals surface area contributed by atoms with Gasteiger partial charge in [0.2, 0.25) is 0 Å². The van der Waals surface area contributed by atoms with Crippen LogP contribution >= 0.6 is 11.6 Å². The average molecular weight is 343 g/mol. The number of benzene rings is 2. The molecule has 0 spiro atoms. The third kappa shape index (κ3) is 2.90. The fourth-order valence-electron chi connectivity index (χ4n) is 3.27. The minimum atomic E-state index is -0.578. The van der Waals surface area contributed by atoms with Gasteiger partial charge in [-0.2, -0.15) is 0 Å². The van der Waals surface area contributed by atoms with E-state index in [2.05, 4.69) is 15.2 Å². The Morgan fingerprint density at radius 1 is 1.04 bits per heavy atom. The molecular weight excluding hydrogens is 324 g/mol. The summed E-state index contributed by atoms with van der Waals surface area (Å²) in [7, 11) is 0. The summed E-state index contributed by atoms with van der Waals surface area (Å²) in [4.78, 5) is 2.12. The summed E-state index contributed by atoms with van der Waals surface area (Å²) in [6.45, 7) is 1.88. The standard InChI is InChI=1S/C18H19ClN4O/c19-14-5-4-6-15(12-14)23-17-8-7-13(11-16(17)20-21-23)18(24)22-9-2-1-3-10-22/h4-8,11-12,18,24H,1-3,9-10H2. The second kappa shape index (κ2) is 6.51. The number of aliphatic hydroxyl groups is 1. The van der Waals surface area contributed by atoms with Crippen molar-refractivity contribution in [3.63, 3.8) is 0 Å². The van der Waals surface area contributed by atoms with Gasteiger partial charge in [0, 0.05) is 18.1 Å². The first kappa shape index (κ1) is 15.6. The van der Waals surface area contributed by atoms with Crippen molar-refractivity contribution >= 4 is 22.6 Å². The van der Waals surface area contributed by atoms with Crippen molar-refractivity contribution in [2.75, 3.05) is 13.1 Å². The van der Waals surface area contributed by atoms with E-state index < -0.39 is 6.23 Å². The Morgan fingerprint density at radius 2 is 1.88 bits per heavy atom. The van der Waals surface area contributed by atoms with Gasteiger partial charge in [0.15, 0.2) is 0 Å². The highest BCUT2D eigenvalue weighted by Gasteiger charge is 2.20. The van der Waals surface area contributed by atoms with Gasteiger partial charge in [0.25, 0.3) is 0 Å². The number of hydrogen-bond donors (Lipinski definition) is 1. The molecule has 1 fully saturated rings. The molecule has 3 aromatic rings. The van der Waals surface area contributed by atoms with Crippen LogP contribution in [0.3, 0.4) is 0 Å². The number of piperidine rings is 1. The molecule has 2 heterocycles. The number of rotatable bonds is 3. The molecule has 1 unspecified atom stereocenters. The maximum Gasteiger partial charge on any atom is 0.133 e. The molecule has 0 aliphatic carbocycles. The first-order chi connectivity index (χ1) is 11.7. The SMILES string of the molecule is OC(c1ccc2c(c1)nnn2-c1cccc(Cl)c1)N1CCCCC1. The van der Waals surface area contributed by atoms with Crippen LogP contribution < -0.4 is 0 Å². The van der Waals surface area contributed by atoms with Crippen LogP contribution in [0.2, 0.25) is 5.02 Å². The largest absolute Gasteiger partial charge is 0.374 e. The van der Waals surface area contributed by atoms with Crippen LogP contribution in [0.4, 0.5) is 0 Å². The van der Waals surface area contributed by atoms with Crippen LogP contribution in [0.1, 0.15) is 31.1 Å². The lowest BCUT2D eigenvalue weighted by Crippen LogP contribution is -2.33. The van der Waals surface area contributed by atoms with E-state index in [0.717, 1.165) is 48.2 Å². The number of halogens is 1. The molecule has 1 aromatic heterocycles. The van der Waals surface area contributed by atoms with Gasteiger partial charge in [-0.1, -0.05) is 35.4 Å². The number of hydrogen-bond acceptors (Lipinski definition) is 4. The van der Waals surface area contributed by atoms with Gasteiger partial charge in [-0.3, -0.25) is 4.90 Å². The van der Waals surface area contributed by atoms with E-state index in [-0.39, 0.29) is 0 Å². The third-order valence-corrected chi connectivity index (χ3v) is 4.79. The minimum Gasteiger partial charge on any atom is -0.374 e. The van der Waals surface area contributed by atoms with E-state index in [9.17, 15) is 5.11 Å². The molecule has 0 radical (unpaired) electrons. The lowest BCUT2D eigenvalue weighted by molar-refractivity contribution is -0.00974. The lowest BCUT2D eigenvalue weighted by Gasteiger charge is -2.31. The molecule has 0 saturated carbocycles. The lowest BCUT2D eigenvalue weighted by atomic mass is 10.1. The van der Waals surface area contributed by atoms with Crippen LogP contribution in [0.5, 0.6) is 0 Å². The first-order valence-corrected chi connectivity index (χ1v) is 8.63. The highest BCUT2D eigenvalue weighted by Crippen LogP contribution is 2.26. The topological polar surface area (TPSA) is 54.2 Å². The van der Waals surface area contributed by atoms with E-state index in [1.165, 1.54) is 6.42 Å². The summed E-state index contributed by atoms with van der Waals surface area (Å²) in [5.41, 5.74) is 3.40. The molecule has 124 valence electrons. The normalized spacial score (nSPS) is 17.2. The molecule has 24 heavy (non-hydrogen) atoms. The molecule has 2 aromatic carbocycles. The molecule has 1 atom stereocenters. The molecule has 6 heteroatoms. The fourth-order valence-corrected chi connectivity index (χ4v) is 3.46. The fraction of sp³-hybridized carbons (Fsp3) is 0.333. The molecule has 0 bridgehead atoms. The Bertz CT molecular complexity index is 857. The van der Waals surface area contributed by atoms with E-state index >= 15 is 0 Å². The van der Waals surface area contributed by atoms with Crippen LogP contribution in [-0.2, 0) is 0 Å². The highest BCUT2D eigenvalue weighted by molar-refractivity contribution is 6.30. The van der Waals surface area contributed by atoms with Gasteiger partial charge >= 0.3 is 0 Å². The van der Waals surface area contributed by atoms with Crippen molar-refractivity contribution < 1.29 is 5.11 Å². The Labute approximate surface area is 145 Å². The van der Waals surface area contributed by atoms with Gasteiger partial charge in [-0.05, 0) is 48.7 Å². The predicted octanol–water partition coefficient (Wildman–Crippen LogP) is 3.55.